The lowest BCUT2D eigenvalue weighted by atomic mass is 9.57. The Morgan fingerprint density at radius 2 is 2.23 bits per heavy atom. The smallest absolute Gasteiger partial charge is 0.246 e. The van der Waals surface area contributed by atoms with E-state index < -0.39 is 0 Å². The molecule has 2 aliphatic rings. The first-order valence-electron chi connectivity index (χ1n) is 7.73. The second kappa shape index (κ2) is 5.51. The van der Waals surface area contributed by atoms with Gasteiger partial charge in [-0.3, -0.25) is 4.79 Å². The van der Waals surface area contributed by atoms with E-state index in [1.54, 1.807) is 18.2 Å². The van der Waals surface area contributed by atoms with E-state index in [0.717, 1.165) is 13.0 Å². The minimum Gasteiger partial charge on any atom is -0.377 e. The van der Waals surface area contributed by atoms with Gasteiger partial charge >= 0.3 is 0 Å². The van der Waals surface area contributed by atoms with E-state index >= 15 is 0 Å². The normalized spacial score (nSPS) is 29.2. The van der Waals surface area contributed by atoms with Gasteiger partial charge in [0.2, 0.25) is 5.91 Å². The van der Waals surface area contributed by atoms with Crippen LogP contribution in [-0.4, -0.2) is 36.6 Å². The quantitative estimate of drug-likeness (QED) is 0.803. The number of hydrogen-bond donors (Lipinski definition) is 0. The van der Waals surface area contributed by atoms with Crippen LogP contribution >= 0.6 is 0 Å². The fraction of sp³-hybridized carbons (Fsp3) is 0.500. The average molecular weight is 303 g/mol. The number of rotatable bonds is 3. The van der Waals surface area contributed by atoms with Gasteiger partial charge in [0.1, 0.15) is 5.82 Å². The largest absolute Gasteiger partial charge is 0.377 e. The number of amides is 1. The van der Waals surface area contributed by atoms with Crippen LogP contribution in [-0.2, 0) is 9.53 Å². The average Bonchev–Trinajstić information content (AvgIpc) is 2.91. The Labute approximate surface area is 130 Å². The van der Waals surface area contributed by atoms with E-state index in [0.29, 0.717) is 11.5 Å². The standard InChI is InChI=1S/C18H22FNO2/c1-18(2)16(14-9-10-22-17(14)18)20(3)15(21)8-7-12-5-4-6-13(19)11-12/h4-8,11,14,16-17H,9-10H2,1-3H3/b8-7+/t14-,16-,17-/m1/s1. The van der Waals surface area contributed by atoms with Crippen LogP contribution in [0.25, 0.3) is 6.08 Å². The summed E-state index contributed by atoms with van der Waals surface area (Å²) in [6.45, 7) is 5.10. The van der Waals surface area contributed by atoms with E-state index in [9.17, 15) is 9.18 Å². The van der Waals surface area contributed by atoms with Crippen molar-refractivity contribution in [3.8, 4) is 0 Å². The highest BCUT2D eigenvalue weighted by Gasteiger charge is 2.61. The summed E-state index contributed by atoms with van der Waals surface area (Å²) >= 11 is 0. The van der Waals surface area contributed by atoms with Crippen LogP contribution in [0.1, 0.15) is 25.8 Å². The summed E-state index contributed by atoms with van der Waals surface area (Å²) in [7, 11) is 1.85. The molecule has 3 rings (SSSR count). The first kappa shape index (κ1) is 15.2. The summed E-state index contributed by atoms with van der Waals surface area (Å²) in [5, 5.41) is 0. The monoisotopic (exact) mass is 303 g/mol. The molecule has 0 radical (unpaired) electrons. The van der Waals surface area contributed by atoms with Crippen molar-refractivity contribution in [1.29, 1.82) is 0 Å². The van der Waals surface area contributed by atoms with Gasteiger partial charge in [-0.15, -0.1) is 0 Å². The highest BCUT2D eigenvalue weighted by Crippen LogP contribution is 2.54. The molecule has 0 spiro atoms. The van der Waals surface area contributed by atoms with Crippen molar-refractivity contribution in [2.24, 2.45) is 11.3 Å². The van der Waals surface area contributed by atoms with Gasteiger partial charge in [-0.05, 0) is 30.2 Å². The number of benzene rings is 1. The van der Waals surface area contributed by atoms with E-state index in [2.05, 4.69) is 13.8 Å². The third-order valence-electron chi connectivity index (χ3n) is 5.07. The third kappa shape index (κ3) is 2.45. The van der Waals surface area contributed by atoms with Crippen molar-refractivity contribution in [2.45, 2.75) is 32.4 Å². The Kier molecular flexibility index (Phi) is 3.81. The second-order valence-corrected chi connectivity index (χ2v) is 6.85. The molecule has 0 bridgehead atoms. The maximum atomic E-state index is 13.1. The summed E-state index contributed by atoms with van der Waals surface area (Å²) in [4.78, 5) is 14.2. The molecular weight excluding hydrogens is 281 g/mol. The second-order valence-electron chi connectivity index (χ2n) is 6.85. The summed E-state index contributed by atoms with van der Waals surface area (Å²) in [5.74, 6) is 0.0910. The molecule has 1 amide bonds. The van der Waals surface area contributed by atoms with Gasteiger partial charge in [0.15, 0.2) is 0 Å². The topological polar surface area (TPSA) is 29.5 Å². The van der Waals surface area contributed by atoms with Gasteiger partial charge in [0.05, 0.1) is 6.10 Å². The van der Waals surface area contributed by atoms with Crippen LogP contribution in [0.3, 0.4) is 0 Å². The van der Waals surface area contributed by atoms with E-state index in [4.69, 9.17) is 4.74 Å². The zero-order chi connectivity index (χ0) is 15.9. The van der Waals surface area contributed by atoms with Crippen molar-refractivity contribution >= 4 is 12.0 Å². The molecule has 1 saturated carbocycles. The predicted octanol–water partition coefficient (Wildman–Crippen LogP) is 3.11. The molecule has 1 aliphatic carbocycles. The number of ether oxygens (including phenoxy) is 1. The Morgan fingerprint density at radius 1 is 1.45 bits per heavy atom. The summed E-state index contributed by atoms with van der Waals surface area (Å²) in [5.41, 5.74) is 0.676. The number of halogens is 1. The van der Waals surface area contributed by atoms with Crippen LogP contribution in [0.15, 0.2) is 30.3 Å². The van der Waals surface area contributed by atoms with Crippen LogP contribution in [0.4, 0.5) is 4.39 Å². The highest BCUT2D eigenvalue weighted by molar-refractivity contribution is 5.92. The van der Waals surface area contributed by atoms with Crippen LogP contribution in [0.2, 0.25) is 0 Å². The number of nitrogens with zero attached hydrogens (tertiary/aromatic N) is 1. The highest BCUT2D eigenvalue weighted by atomic mass is 19.1. The molecule has 1 heterocycles. The fourth-order valence-corrected chi connectivity index (χ4v) is 4.12. The van der Waals surface area contributed by atoms with Gasteiger partial charge < -0.3 is 9.64 Å². The summed E-state index contributed by atoms with van der Waals surface area (Å²) < 4.78 is 18.9. The molecule has 3 nitrogen and oxygen atoms in total. The maximum Gasteiger partial charge on any atom is 0.246 e. The summed E-state index contributed by atoms with van der Waals surface area (Å²) in [6, 6.07) is 6.42. The zero-order valence-electron chi connectivity index (χ0n) is 13.3. The van der Waals surface area contributed by atoms with Gasteiger partial charge in [-0.25, -0.2) is 4.39 Å². The summed E-state index contributed by atoms with van der Waals surface area (Å²) in [6.07, 6.45) is 4.47. The van der Waals surface area contributed by atoms with Gasteiger partial charge in [0.25, 0.3) is 0 Å². The van der Waals surface area contributed by atoms with Crippen molar-refractivity contribution in [3.63, 3.8) is 0 Å². The zero-order valence-corrected chi connectivity index (χ0v) is 13.3. The lowest BCUT2D eigenvalue weighted by Crippen LogP contribution is -2.66. The molecule has 1 saturated heterocycles. The van der Waals surface area contributed by atoms with Gasteiger partial charge in [-0.2, -0.15) is 0 Å². The molecule has 0 aromatic heterocycles. The first-order chi connectivity index (χ1) is 10.4. The van der Waals surface area contributed by atoms with Crippen molar-refractivity contribution < 1.29 is 13.9 Å². The minimum absolute atomic E-state index is 0.0156. The molecule has 22 heavy (non-hydrogen) atoms. The Morgan fingerprint density at radius 3 is 2.95 bits per heavy atom. The van der Waals surface area contributed by atoms with Crippen LogP contribution in [0.5, 0.6) is 0 Å². The molecule has 1 aromatic rings. The minimum atomic E-state index is -0.297. The van der Waals surface area contributed by atoms with Crippen molar-refractivity contribution in [2.75, 3.05) is 13.7 Å². The van der Waals surface area contributed by atoms with E-state index in [1.807, 2.05) is 11.9 Å². The lowest BCUT2D eigenvalue weighted by molar-refractivity contribution is -0.163. The number of carbonyl (C=O) groups excluding carboxylic acids is 1. The van der Waals surface area contributed by atoms with Crippen LogP contribution < -0.4 is 0 Å². The van der Waals surface area contributed by atoms with Crippen molar-refractivity contribution in [1.82, 2.24) is 4.90 Å². The molecular formula is C18H22FNO2. The fourth-order valence-electron chi connectivity index (χ4n) is 4.12. The number of likely N-dealkylation sites (N-methyl/N-ethyl adjacent to an activating group) is 1. The number of fused-ring (bicyclic) bond motifs is 1. The molecule has 2 fully saturated rings. The molecule has 118 valence electrons. The SMILES string of the molecule is CN(C(=O)/C=C/c1cccc(F)c1)[C@@H]1[C@H]2CCO[C@H]2C1(C)C. The molecule has 0 N–H and O–H groups in total. The molecule has 1 aromatic carbocycles. The molecule has 1 aliphatic heterocycles. The van der Waals surface area contributed by atoms with Gasteiger partial charge in [0, 0.05) is 37.1 Å². The Hall–Kier alpha value is -1.68. The van der Waals surface area contributed by atoms with E-state index in [-0.39, 0.29) is 29.3 Å². The third-order valence-corrected chi connectivity index (χ3v) is 5.07. The number of carbonyl (C=O) groups is 1. The predicted molar refractivity (Wildman–Crippen MR) is 83.6 cm³/mol. The maximum absolute atomic E-state index is 13.1. The lowest BCUT2D eigenvalue weighted by Gasteiger charge is -2.57. The van der Waals surface area contributed by atoms with Crippen LogP contribution in [0, 0.1) is 17.2 Å². The molecule has 0 unspecified atom stereocenters. The molecule has 4 heteroatoms. The Bertz CT molecular complexity index is 611. The number of hydrogen-bond acceptors (Lipinski definition) is 2. The first-order valence-corrected chi connectivity index (χ1v) is 7.73. The molecule has 3 atom stereocenters. The Balaban J connectivity index is 1.70. The van der Waals surface area contributed by atoms with E-state index in [1.165, 1.54) is 18.2 Å². The van der Waals surface area contributed by atoms with Crippen molar-refractivity contribution in [3.05, 3.63) is 41.7 Å². The van der Waals surface area contributed by atoms with Gasteiger partial charge in [-0.1, -0.05) is 26.0 Å².